The molecule has 0 bridgehead atoms. The van der Waals surface area contributed by atoms with Gasteiger partial charge in [0.15, 0.2) is 0 Å². The van der Waals surface area contributed by atoms with E-state index >= 15 is 0 Å². The molecule has 3 atom stereocenters. The third kappa shape index (κ3) is 6.04. The molecule has 0 aliphatic carbocycles. The van der Waals surface area contributed by atoms with Gasteiger partial charge < -0.3 is 15.7 Å². The number of hydrogen-bond acceptors (Lipinski definition) is 3. The first-order valence-corrected chi connectivity index (χ1v) is 7.94. The number of rotatable bonds is 7. The van der Waals surface area contributed by atoms with Crippen molar-refractivity contribution >= 4 is 11.9 Å². The van der Waals surface area contributed by atoms with Crippen molar-refractivity contribution in [1.29, 1.82) is 0 Å². The van der Waals surface area contributed by atoms with Gasteiger partial charge >= 0.3 is 5.97 Å². The molecular weight excluding hydrogens is 268 g/mol. The molecule has 5 heteroatoms. The average molecular weight is 298 g/mol. The SMILES string of the molecule is CC1CCNC1C(=O)NCCC(CCC(=O)O)C(C)(C)C. The number of nitrogens with one attached hydrogen (secondary N) is 2. The van der Waals surface area contributed by atoms with E-state index in [0.717, 1.165) is 19.4 Å². The van der Waals surface area contributed by atoms with Crippen LogP contribution in [0.3, 0.4) is 0 Å². The fraction of sp³-hybridized carbons (Fsp3) is 0.875. The van der Waals surface area contributed by atoms with Gasteiger partial charge in [-0.1, -0.05) is 27.7 Å². The van der Waals surface area contributed by atoms with Crippen LogP contribution >= 0.6 is 0 Å². The van der Waals surface area contributed by atoms with Crippen LogP contribution in [0.25, 0.3) is 0 Å². The fourth-order valence-electron chi connectivity index (χ4n) is 2.97. The molecule has 0 aromatic rings. The standard InChI is InChI=1S/C16H30N2O3/c1-11-7-9-17-14(11)15(21)18-10-8-12(16(2,3)4)5-6-13(19)20/h11-12,14,17H,5-10H2,1-4H3,(H,18,21)(H,19,20). The molecule has 1 heterocycles. The largest absolute Gasteiger partial charge is 0.481 e. The molecule has 0 saturated carbocycles. The van der Waals surface area contributed by atoms with Gasteiger partial charge in [-0.05, 0) is 43.1 Å². The minimum Gasteiger partial charge on any atom is -0.481 e. The number of carboxylic acids is 1. The molecule has 122 valence electrons. The summed E-state index contributed by atoms with van der Waals surface area (Å²) in [6.07, 6.45) is 2.72. The molecule has 1 fully saturated rings. The van der Waals surface area contributed by atoms with Crippen LogP contribution in [0.4, 0.5) is 0 Å². The van der Waals surface area contributed by atoms with Gasteiger partial charge in [-0.15, -0.1) is 0 Å². The monoisotopic (exact) mass is 298 g/mol. The van der Waals surface area contributed by atoms with E-state index in [2.05, 4.69) is 38.3 Å². The maximum Gasteiger partial charge on any atom is 0.303 e. The molecule has 1 aliphatic rings. The number of carboxylic acid groups (broad SMARTS) is 1. The second-order valence-corrected chi connectivity index (χ2v) is 7.27. The molecule has 0 radical (unpaired) electrons. The van der Waals surface area contributed by atoms with Gasteiger partial charge in [-0.2, -0.15) is 0 Å². The van der Waals surface area contributed by atoms with Crippen molar-refractivity contribution in [3.63, 3.8) is 0 Å². The second kappa shape index (κ2) is 7.78. The third-order valence-electron chi connectivity index (χ3n) is 4.54. The van der Waals surface area contributed by atoms with Gasteiger partial charge in [-0.25, -0.2) is 0 Å². The Hall–Kier alpha value is -1.10. The van der Waals surface area contributed by atoms with E-state index in [1.165, 1.54) is 0 Å². The zero-order valence-electron chi connectivity index (χ0n) is 13.7. The Morgan fingerprint density at radius 1 is 1.33 bits per heavy atom. The Morgan fingerprint density at radius 2 is 2.00 bits per heavy atom. The van der Waals surface area contributed by atoms with Gasteiger partial charge in [0.2, 0.25) is 5.91 Å². The van der Waals surface area contributed by atoms with Crippen molar-refractivity contribution < 1.29 is 14.7 Å². The van der Waals surface area contributed by atoms with Gasteiger partial charge in [0.25, 0.3) is 0 Å². The Bertz CT molecular complexity index is 363. The van der Waals surface area contributed by atoms with Crippen molar-refractivity contribution in [3.8, 4) is 0 Å². The maximum absolute atomic E-state index is 12.1. The van der Waals surface area contributed by atoms with E-state index in [1.54, 1.807) is 0 Å². The van der Waals surface area contributed by atoms with Gasteiger partial charge in [0, 0.05) is 13.0 Å². The predicted molar refractivity (Wildman–Crippen MR) is 83.0 cm³/mol. The minimum absolute atomic E-state index is 0.0546. The molecule has 1 saturated heterocycles. The molecule has 3 N–H and O–H groups in total. The number of aliphatic carboxylic acids is 1. The van der Waals surface area contributed by atoms with Crippen LogP contribution < -0.4 is 10.6 Å². The minimum atomic E-state index is -0.753. The smallest absolute Gasteiger partial charge is 0.303 e. The van der Waals surface area contributed by atoms with E-state index in [1.807, 2.05) is 0 Å². The zero-order chi connectivity index (χ0) is 16.0. The lowest BCUT2D eigenvalue weighted by molar-refractivity contribution is -0.137. The lowest BCUT2D eigenvalue weighted by atomic mass is 9.76. The first-order chi connectivity index (χ1) is 9.71. The summed E-state index contributed by atoms with van der Waals surface area (Å²) in [5.74, 6) is 0.00134. The first-order valence-electron chi connectivity index (χ1n) is 7.94. The van der Waals surface area contributed by atoms with E-state index < -0.39 is 5.97 Å². The summed E-state index contributed by atoms with van der Waals surface area (Å²) in [6.45, 7) is 9.99. The van der Waals surface area contributed by atoms with Crippen molar-refractivity contribution in [2.75, 3.05) is 13.1 Å². The molecule has 1 aliphatic heterocycles. The summed E-state index contributed by atoms with van der Waals surface area (Å²) < 4.78 is 0. The van der Waals surface area contributed by atoms with Gasteiger partial charge in [-0.3, -0.25) is 9.59 Å². The number of hydrogen-bond donors (Lipinski definition) is 3. The third-order valence-corrected chi connectivity index (χ3v) is 4.54. The normalized spacial score (nSPS) is 23.8. The van der Waals surface area contributed by atoms with Crippen molar-refractivity contribution in [3.05, 3.63) is 0 Å². The quantitative estimate of drug-likeness (QED) is 0.672. The molecule has 0 spiro atoms. The number of carbonyl (C=O) groups is 2. The lowest BCUT2D eigenvalue weighted by Crippen LogP contribution is -2.44. The molecule has 21 heavy (non-hydrogen) atoms. The van der Waals surface area contributed by atoms with Gasteiger partial charge in [0.05, 0.1) is 6.04 Å². The summed E-state index contributed by atoms with van der Waals surface area (Å²) in [6, 6.07) is -0.0721. The highest BCUT2D eigenvalue weighted by atomic mass is 16.4. The fourth-order valence-corrected chi connectivity index (χ4v) is 2.97. The van der Waals surface area contributed by atoms with Crippen LogP contribution in [0.2, 0.25) is 0 Å². The second-order valence-electron chi connectivity index (χ2n) is 7.27. The van der Waals surface area contributed by atoms with E-state index in [-0.39, 0.29) is 23.8 Å². The average Bonchev–Trinajstić information content (AvgIpc) is 2.77. The number of carbonyl (C=O) groups excluding carboxylic acids is 1. The summed E-state index contributed by atoms with van der Waals surface area (Å²) in [5.41, 5.74) is 0.0546. The summed E-state index contributed by atoms with van der Waals surface area (Å²) in [4.78, 5) is 22.8. The summed E-state index contributed by atoms with van der Waals surface area (Å²) in [7, 11) is 0. The van der Waals surface area contributed by atoms with E-state index in [0.29, 0.717) is 24.8 Å². The molecule has 1 amide bonds. The molecule has 1 rings (SSSR count). The molecule has 3 unspecified atom stereocenters. The molecule has 5 nitrogen and oxygen atoms in total. The van der Waals surface area contributed by atoms with Crippen LogP contribution in [-0.2, 0) is 9.59 Å². The predicted octanol–water partition coefficient (Wildman–Crippen LogP) is 2.02. The highest BCUT2D eigenvalue weighted by Crippen LogP contribution is 2.32. The Kier molecular flexibility index (Phi) is 6.65. The van der Waals surface area contributed by atoms with Crippen molar-refractivity contribution in [2.45, 2.75) is 59.4 Å². The van der Waals surface area contributed by atoms with E-state index in [4.69, 9.17) is 5.11 Å². The summed E-state index contributed by atoms with van der Waals surface area (Å²) >= 11 is 0. The lowest BCUT2D eigenvalue weighted by Gasteiger charge is -2.30. The van der Waals surface area contributed by atoms with Crippen molar-refractivity contribution in [1.82, 2.24) is 10.6 Å². The Balaban J connectivity index is 2.38. The number of amides is 1. The molecule has 0 aromatic heterocycles. The van der Waals surface area contributed by atoms with Crippen LogP contribution in [0.15, 0.2) is 0 Å². The van der Waals surface area contributed by atoms with Crippen LogP contribution in [-0.4, -0.2) is 36.1 Å². The highest BCUT2D eigenvalue weighted by Gasteiger charge is 2.29. The molecular formula is C16H30N2O3. The van der Waals surface area contributed by atoms with Crippen molar-refractivity contribution in [2.24, 2.45) is 17.3 Å². The van der Waals surface area contributed by atoms with Crippen LogP contribution in [0.5, 0.6) is 0 Å². The Labute approximate surface area is 127 Å². The molecule has 0 aromatic carbocycles. The van der Waals surface area contributed by atoms with Gasteiger partial charge in [0.1, 0.15) is 0 Å². The maximum atomic E-state index is 12.1. The summed E-state index contributed by atoms with van der Waals surface area (Å²) in [5, 5.41) is 15.1. The van der Waals surface area contributed by atoms with E-state index in [9.17, 15) is 9.59 Å². The first kappa shape index (κ1) is 18.0. The highest BCUT2D eigenvalue weighted by molar-refractivity contribution is 5.82. The Morgan fingerprint density at radius 3 is 2.48 bits per heavy atom. The zero-order valence-corrected chi connectivity index (χ0v) is 13.7. The topological polar surface area (TPSA) is 78.4 Å². The van der Waals surface area contributed by atoms with Crippen LogP contribution in [0.1, 0.15) is 53.4 Å². The van der Waals surface area contributed by atoms with Crippen LogP contribution in [0, 0.1) is 17.3 Å².